The summed E-state index contributed by atoms with van der Waals surface area (Å²) in [5, 5.41) is 0. The van der Waals surface area contributed by atoms with Gasteiger partial charge in [0.15, 0.2) is 0 Å². The first-order valence-electron chi connectivity index (χ1n) is 5.33. The van der Waals surface area contributed by atoms with Gasteiger partial charge in [-0.3, -0.25) is 0 Å². The number of nitrogen functional groups attached to an aromatic ring is 1. The molecule has 0 aliphatic carbocycles. The van der Waals surface area contributed by atoms with Gasteiger partial charge in [-0.05, 0) is 24.6 Å². The number of hydrogen-bond donors (Lipinski definition) is 1. The summed E-state index contributed by atoms with van der Waals surface area (Å²) in [4.78, 5) is 0.187. The lowest BCUT2D eigenvalue weighted by atomic mass is 10.2. The Morgan fingerprint density at radius 2 is 2.11 bits per heavy atom. The van der Waals surface area contributed by atoms with Crippen LogP contribution in [0.5, 0.6) is 0 Å². The van der Waals surface area contributed by atoms with Crippen molar-refractivity contribution in [1.82, 2.24) is 4.31 Å². The lowest BCUT2D eigenvalue weighted by Gasteiger charge is -2.20. The van der Waals surface area contributed by atoms with E-state index < -0.39 is 10.0 Å². The van der Waals surface area contributed by atoms with Crippen molar-refractivity contribution in [2.24, 2.45) is 0 Å². The summed E-state index contributed by atoms with van der Waals surface area (Å²) in [5.41, 5.74) is 6.75. The first-order valence-corrected chi connectivity index (χ1v) is 7.57. The highest BCUT2D eigenvalue weighted by atomic mass is 79.9. The van der Waals surface area contributed by atoms with Gasteiger partial charge in [-0.25, -0.2) is 8.42 Å². The molecule has 4 nitrogen and oxygen atoms in total. The van der Waals surface area contributed by atoms with Crippen molar-refractivity contribution in [3.8, 4) is 12.3 Å². The molecule has 0 aliphatic rings. The zero-order valence-corrected chi connectivity index (χ0v) is 12.7. The number of nitrogens with two attached hydrogens (primary N) is 1. The van der Waals surface area contributed by atoms with Gasteiger partial charge in [0.2, 0.25) is 10.0 Å². The second kappa shape index (κ2) is 5.74. The maximum atomic E-state index is 12.4. The van der Waals surface area contributed by atoms with E-state index in [1.54, 1.807) is 26.0 Å². The summed E-state index contributed by atoms with van der Waals surface area (Å²) in [5.74, 6) is 2.35. The molecule has 1 rings (SSSR count). The summed E-state index contributed by atoms with van der Waals surface area (Å²) in [6.45, 7) is 3.78. The number of sulfonamides is 1. The van der Waals surface area contributed by atoms with Crippen molar-refractivity contribution in [2.45, 2.75) is 18.7 Å². The molecule has 1 aromatic rings. The zero-order chi connectivity index (χ0) is 13.9. The first kappa shape index (κ1) is 15.0. The maximum absolute atomic E-state index is 12.4. The van der Waals surface area contributed by atoms with Gasteiger partial charge < -0.3 is 5.73 Å². The van der Waals surface area contributed by atoms with E-state index in [0.717, 1.165) is 0 Å². The van der Waals surface area contributed by atoms with Crippen molar-refractivity contribution in [3.05, 3.63) is 22.2 Å². The summed E-state index contributed by atoms with van der Waals surface area (Å²) < 4.78 is 26.7. The van der Waals surface area contributed by atoms with Crippen LogP contribution in [0.4, 0.5) is 5.69 Å². The van der Waals surface area contributed by atoms with Crippen molar-refractivity contribution in [1.29, 1.82) is 0 Å². The molecule has 2 N–H and O–H groups in total. The lowest BCUT2D eigenvalue weighted by Crippen LogP contribution is -2.31. The number of benzene rings is 1. The lowest BCUT2D eigenvalue weighted by molar-refractivity contribution is 0.463. The molecule has 98 valence electrons. The second-order valence-corrected chi connectivity index (χ2v) is 6.58. The SMILES string of the molecule is C#CCN(CC)S(=O)(=O)c1cc(Br)cc(N)c1C. The second-order valence-electron chi connectivity index (χ2n) is 3.75. The molecule has 0 amide bonds. The Morgan fingerprint density at radius 1 is 1.50 bits per heavy atom. The average molecular weight is 331 g/mol. The Bertz CT molecular complexity index is 591. The van der Waals surface area contributed by atoms with E-state index in [1.807, 2.05) is 0 Å². The molecule has 0 bridgehead atoms. The molecule has 0 saturated heterocycles. The fraction of sp³-hybridized carbons (Fsp3) is 0.333. The van der Waals surface area contributed by atoms with E-state index in [4.69, 9.17) is 12.2 Å². The molecule has 1 aromatic carbocycles. The van der Waals surface area contributed by atoms with Gasteiger partial charge >= 0.3 is 0 Å². The third-order valence-corrected chi connectivity index (χ3v) is 5.11. The van der Waals surface area contributed by atoms with E-state index in [-0.39, 0.29) is 11.4 Å². The molecule has 0 spiro atoms. The Morgan fingerprint density at radius 3 is 2.61 bits per heavy atom. The first-order chi connectivity index (χ1) is 8.34. The van der Waals surface area contributed by atoms with Crippen molar-refractivity contribution in [2.75, 3.05) is 18.8 Å². The van der Waals surface area contributed by atoms with Crippen LogP contribution in [0.15, 0.2) is 21.5 Å². The van der Waals surface area contributed by atoms with Crippen LogP contribution in [0.2, 0.25) is 0 Å². The number of rotatable bonds is 4. The van der Waals surface area contributed by atoms with E-state index in [0.29, 0.717) is 22.3 Å². The number of hydrogen-bond acceptors (Lipinski definition) is 3. The molecule has 6 heteroatoms. The summed E-state index contributed by atoms with van der Waals surface area (Å²) >= 11 is 3.25. The van der Waals surface area contributed by atoms with Gasteiger partial charge in [-0.2, -0.15) is 4.31 Å². The maximum Gasteiger partial charge on any atom is 0.244 e. The number of halogens is 1. The molecule has 0 aliphatic heterocycles. The summed E-state index contributed by atoms with van der Waals surface area (Å²) in [7, 11) is -3.61. The predicted molar refractivity (Wildman–Crippen MR) is 76.6 cm³/mol. The van der Waals surface area contributed by atoms with Gasteiger partial charge in [0.25, 0.3) is 0 Å². The average Bonchev–Trinajstić information content (AvgIpc) is 2.30. The highest BCUT2D eigenvalue weighted by Gasteiger charge is 2.25. The van der Waals surface area contributed by atoms with Crippen LogP contribution >= 0.6 is 15.9 Å². The minimum absolute atomic E-state index is 0.0463. The monoisotopic (exact) mass is 330 g/mol. The fourth-order valence-electron chi connectivity index (χ4n) is 1.55. The molecule has 0 atom stereocenters. The molecule has 0 heterocycles. The normalized spacial score (nSPS) is 11.5. The van der Waals surface area contributed by atoms with E-state index in [9.17, 15) is 8.42 Å². The quantitative estimate of drug-likeness (QED) is 0.678. The van der Waals surface area contributed by atoms with Crippen LogP contribution in [0.3, 0.4) is 0 Å². The smallest absolute Gasteiger partial charge is 0.244 e. The third kappa shape index (κ3) is 2.86. The van der Waals surface area contributed by atoms with E-state index in [1.165, 1.54) is 4.31 Å². The van der Waals surface area contributed by atoms with Crippen LogP contribution in [0.1, 0.15) is 12.5 Å². The minimum Gasteiger partial charge on any atom is -0.398 e. The summed E-state index contributed by atoms with van der Waals surface area (Å²) in [6.07, 6.45) is 5.19. The van der Waals surface area contributed by atoms with Gasteiger partial charge in [0, 0.05) is 16.7 Å². The Labute approximate surface area is 116 Å². The standard InChI is InChI=1S/C12H15BrN2O2S/c1-4-6-15(5-2)18(16,17)12-8-10(13)7-11(14)9(12)3/h1,7-8H,5-6,14H2,2-3H3. The molecule has 0 radical (unpaired) electrons. The van der Waals surface area contributed by atoms with Crippen LogP contribution in [-0.4, -0.2) is 25.8 Å². The Hall–Kier alpha value is -1.03. The van der Waals surface area contributed by atoms with E-state index in [2.05, 4.69) is 21.9 Å². The largest absolute Gasteiger partial charge is 0.398 e. The van der Waals surface area contributed by atoms with Crippen LogP contribution < -0.4 is 5.73 Å². The molecular weight excluding hydrogens is 316 g/mol. The zero-order valence-electron chi connectivity index (χ0n) is 10.3. The highest BCUT2D eigenvalue weighted by Crippen LogP contribution is 2.28. The molecule has 0 unspecified atom stereocenters. The number of terminal acetylenes is 1. The molecule has 18 heavy (non-hydrogen) atoms. The van der Waals surface area contributed by atoms with Crippen LogP contribution in [0, 0.1) is 19.3 Å². The highest BCUT2D eigenvalue weighted by molar-refractivity contribution is 9.10. The van der Waals surface area contributed by atoms with Gasteiger partial charge in [-0.15, -0.1) is 6.42 Å². The minimum atomic E-state index is -3.61. The van der Waals surface area contributed by atoms with Crippen molar-refractivity contribution in [3.63, 3.8) is 0 Å². The topological polar surface area (TPSA) is 63.4 Å². The van der Waals surface area contributed by atoms with Crippen molar-refractivity contribution >= 4 is 31.6 Å². The summed E-state index contributed by atoms with van der Waals surface area (Å²) in [6, 6.07) is 3.21. The van der Waals surface area contributed by atoms with Crippen LogP contribution in [-0.2, 0) is 10.0 Å². The van der Waals surface area contributed by atoms with Gasteiger partial charge in [0.1, 0.15) is 0 Å². The Kier molecular flexibility index (Phi) is 4.79. The van der Waals surface area contributed by atoms with Gasteiger partial charge in [-0.1, -0.05) is 28.8 Å². The fourth-order valence-corrected chi connectivity index (χ4v) is 3.82. The third-order valence-electron chi connectivity index (χ3n) is 2.60. The number of nitrogens with zero attached hydrogens (tertiary/aromatic N) is 1. The molecule has 0 aromatic heterocycles. The molecular formula is C12H15BrN2O2S. The van der Waals surface area contributed by atoms with Crippen LogP contribution in [0.25, 0.3) is 0 Å². The molecule has 0 fully saturated rings. The Balaban J connectivity index is 3.41. The van der Waals surface area contributed by atoms with Crippen molar-refractivity contribution < 1.29 is 8.42 Å². The van der Waals surface area contributed by atoms with E-state index >= 15 is 0 Å². The predicted octanol–water partition coefficient (Wildman–Crippen LogP) is 1.98. The number of anilines is 1. The molecule has 0 saturated carbocycles. The van der Waals surface area contributed by atoms with Gasteiger partial charge in [0.05, 0.1) is 11.4 Å².